The first-order valence-electron chi connectivity index (χ1n) is 4.35. The Morgan fingerprint density at radius 1 is 1.40 bits per heavy atom. The molecule has 0 aromatic carbocycles. The molecule has 74 valence electrons. The molecule has 2 aromatic heterocycles. The van der Waals surface area contributed by atoms with E-state index in [0.29, 0.717) is 18.1 Å². The molecule has 15 heavy (non-hydrogen) atoms. The molecule has 0 atom stereocenters. The van der Waals surface area contributed by atoms with Crippen molar-refractivity contribution >= 4 is 5.82 Å². The fraction of sp³-hybridized carbons (Fsp3) is 0.100. The van der Waals surface area contributed by atoms with Crippen molar-refractivity contribution in [3.05, 3.63) is 42.2 Å². The highest BCUT2D eigenvalue weighted by atomic mass is 16.3. The summed E-state index contributed by atoms with van der Waals surface area (Å²) in [5, 5.41) is 11.6. The summed E-state index contributed by atoms with van der Waals surface area (Å²) in [6, 6.07) is 3.77. The monoisotopic (exact) mass is 200 g/mol. The highest BCUT2D eigenvalue weighted by Gasteiger charge is 1.97. The molecule has 0 saturated heterocycles. The number of nitrogens with zero attached hydrogens (tertiary/aromatic N) is 3. The molecule has 2 heterocycles. The maximum absolute atomic E-state index is 8.52. The minimum absolute atomic E-state index is 0.309. The lowest BCUT2D eigenvalue weighted by atomic mass is 10.3. The zero-order valence-corrected chi connectivity index (χ0v) is 7.84. The second-order valence-corrected chi connectivity index (χ2v) is 2.88. The molecule has 2 aromatic rings. The zero-order valence-electron chi connectivity index (χ0n) is 7.84. The number of furan rings is 1. The Labute approximate surface area is 86.4 Å². The molecule has 0 unspecified atom stereocenters. The van der Waals surface area contributed by atoms with Crippen molar-refractivity contribution in [3.8, 4) is 6.07 Å². The van der Waals surface area contributed by atoms with E-state index < -0.39 is 0 Å². The molecular formula is C10H8N4O. The third kappa shape index (κ3) is 2.31. The summed E-state index contributed by atoms with van der Waals surface area (Å²) in [5.74, 6) is 0.634. The third-order valence-corrected chi connectivity index (χ3v) is 1.82. The van der Waals surface area contributed by atoms with Gasteiger partial charge in [-0.3, -0.25) is 0 Å². The normalized spacial score (nSPS) is 9.53. The van der Waals surface area contributed by atoms with Crippen LogP contribution in [0.25, 0.3) is 0 Å². The lowest BCUT2D eigenvalue weighted by Gasteiger charge is -2.01. The first-order valence-corrected chi connectivity index (χ1v) is 4.35. The largest absolute Gasteiger partial charge is 0.472 e. The van der Waals surface area contributed by atoms with Gasteiger partial charge < -0.3 is 9.73 Å². The van der Waals surface area contributed by atoms with Crippen molar-refractivity contribution < 1.29 is 4.42 Å². The number of nitrogens with one attached hydrogen (secondary N) is 1. The van der Waals surface area contributed by atoms with Crippen LogP contribution in [0.2, 0.25) is 0 Å². The smallest absolute Gasteiger partial charge is 0.158 e. The molecule has 0 bridgehead atoms. The Bertz CT molecular complexity index is 455. The van der Waals surface area contributed by atoms with Gasteiger partial charge in [0.2, 0.25) is 0 Å². The van der Waals surface area contributed by atoms with Gasteiger partial charge in [-0.1, -0.05) is 0 Å². The van der Waals surface area contributed by atoms with Crippen LogP contribution in [0.4, 0.5) is 5.82 Å². The van der Waals surface area contributed by atoms with Crippen LogP contribution in [0.1, 0.15) is 11.3 Å². The average molecular weight is 200 g/mol. The molecule has 0 radical (unpaired) electrons. The van der Waals surface area contributed by atoms with E-state index in [-0.39, 0.29) is 0 Å². The van der Waals surface area contributed by atoms with Gasteiger partial charge in [0.05, 0.1) is 24.9 Å². The molecule has 0 aliphatic rings. The van der Waals surface area contributed by atoms with Crippen LogP contribution in [-0.4, -0.2) is 9.97 Å². The molecule has 1 N–H and O–H groups in total. The van der Waals surface area contributed by atoms with Crippen LogP contribution in [0.15, 0.2) is 35.4 Å². The van der Waals surface area contributed by atoms with Crippen molar-refractivity contribution in [2.75, 3.05) is 5.32 Å². The summed E-state index contributed by atoms with van der Waals surface area (Å²) < 4.78 is 4.92. The van der Waals surface area contributed by atoms with Crippen LogP contribution in [0.5, 0.6) is 0 Å². The summed E-state index contributed by atoms with van der Waals surface area (Å²) in [4.78, 5) is 7.91. The summed E-state index contributed by atoms with van der Waals surface area (Å²) in [5.41, 5.74) is 1.34. The van der Waals surface area contributed by atoms with Crippen LogP contribution in [0.3, 0.4) is 0 Å². The topological polar surface area (TPSA) is 74.7 Å². The summed E-state index contributed by atoms with van der Waals surface area (Å²) in [6.45, 7) is 0.622. The van der Waals surface area contributed by atoms with Crippen LogP contribution >= 0.6 is 0 Å². The van der Waals surface area contributed by atoms with Gasteiger partial charge in [-0.25, -0.2) is 9.97 Å². The molecular weight excluding hydrogens is 192 g/mol. The third-order valence-electron chi connectivity index (χ3n) is 1.82. The van der Waals surface area contributed by atoms with E-state index in [1.54, 1.807) is 12.5 Å². The Hall–Kier alpha value is -2.35. The maximum Gasteiger partial charge on any atom is 0.158 e. The van der Waals surface area contributed by atoms with E-state index in [2.05, 4.69) is 15.3 Å². The van der Waals surface area contributed by atoms with Gasteiger partial charge in [0.1, 0.15) is 11.9 Å². The molecule has 2 rings (SSSR count). The van der Waals surface area contributed by atoms with Gasteiger partial charge in [0.15, 0.2) is 5.69 Å². The first kappa shape index (κ1) is 9.21. The molecule has 5 nitrogen and oxygen atoms in total. The van der Waals surface area contributed by atoms with E-state index in [0.717, 1.165) is 5.56 Å². The van der Waals surface area contributed by atoms with Crippen molar-refractivity contribution in [2.45, 2.75) is 6.54 Å². The van der Waals surface area contributed by atoms with Crippen LogP contribution in [0, 0.1) is 11.3 Å². The SMILES string of the molecule is N#Cc1cnc(NCc2ccoc2)cn1. The van der Waals surface area contributed by atoms with Gasteiger partial charge in [0.25, 0.3) is 0 Å². The average Bonchev–Trinajstić information content (AvgIpc) is 2.80. The van der Waals surface area contributed by atoms with Gasteiger partial charge in [0, 0.05) is 12.1 Å². The number of nitriles is 1. The first-order chi connectivity index (χ1) is 7.38. The maximum atomic E-state index is 8.52. The summed E-state index contributed by atoms with van der Waals surface area (Å²) in [6.07, 6.45) is 6.22. The minimum atomic E-state index is 0.309. The van der Waals surface area contributed by atoms with Crippen LogP contribution < -0.4 is 5.32 Å². The van der Waals surface area contributed by atoms with E-state index in [4.69, 9.17) is 9.68 Å². The Kier molecular flexibility index (Phi) is 2.61. The quantitative estimate of drug-likeness (QED) is 0.813. The van der Waals surface area contributed by atoms with Crippen molar-refractivity contribution in [2.24, 2.45) is 0 Å². The van der Waals surface area contributed by atoms with Crippen molar-refractivity contribution in [1.29, 1.82) is 5.26 Å². The van der Waals surface area contributed by atoms with Gasteiger partial charge in [-0.15, -0.1) is 0 Å². The highest BCUT2D eigenvalue weighted by Crippen LogP contribution is 2.05. The second kappa shape index (κ2) is 4.24. The predicted molar refractivity (Wildman–Crippen MR) is 52.8 cm³/mol. The molecule has 5 heteroatoms. The number of aromatic nitrogens is 2. The Balaban J connectivity index is 1.97. The molecule has 0 aliphatic heterocycles. The highest BCUT2D eigenvalue weighted by molar-refractivity contribution is 5.34. The van der Waals surface area contributed by atoms with Gasteiger partial charge in [-0.05, 0) is 6.07 Å². The standard InChI is InChI=1S/C10H8N4O/c11-3-9-5-14-10(6-12-9)13-4-8-1-2-15-7-8/h1-2,5-7H,4H2,(H,13,14). The Morgan fingerprint density at radius 2 is 2.33 bits per heavy atom. The van der Waals surface area contributed by atoms with Crippen molar-refractivity contribution in [1.82, 2.24) is 9.97 Å². The molecule has 0 spiro atoms. The number of hydrogen-bond acceptors (Lipinski definition) is 5. The van der Waals surface area contributed by atoms with Gasteiger partial charge >= 0.3 is 0 Å². The lowest BCUT2D eigenvalue weighted by molar-refractivity contribution is 0.564. The van der Waals surface area contributed by atoms with Gasteiger partial charge in [-0.2, -0.15) is 5.26 Å². The Morgan fingerprint density at radius 3 is 2.93 bits per heavy atom. The van der Waals surface area contributed by atoms with Crippen molar-refractivity contribution in [3.63, 3.8) is 0 Å². The number of anilines is 1. The van der Waals surface area contributed by atoms with E-state index in [1.165, 1.54) is 12.4 Å². The minimum Gasteiger partial charge on any atom is -0.472 e. The van der Waals surface area contributed by atoms with E-state index >= 15 is 0 Å². The lowest BCUT2D eigenvalue weighted by Crippen LogP contribution is -2.01. The molecule has 0 amide bonds. The second-order valence-electron chi connectivity index (χ2n) is 2.88. The number of rotatable bonds is 3. The van der Waals surface area contributed by atoms with E-state index in [1.807, 2.05) is 12.1 Å². The summed E-state index contributed by atoms with van der Waals surface area (Å²) in [7, 11) is 0. The summed E-state index contributed by atoms with van der Waals surface area (Å²) >= 11 is 0. The van der Waals surface area contributed by atoms with Crippen LogP contribution in [-0.2, 0) is 6.54 Å². The van der Waals surface area contributed by atoms with E-state index in [9.17, 15) is 0 Å². The fourth-order valence-electron chi connectivity index (χ4n) is 1.06. The fourth-order valence-corrected chi connectivity index (χ4v) is 1.06. The predicted octanol–water partition coefficient (Wildman–Crippen LogP) is 1.55. The number of hydrogen-bond donors (Lipinski definition) is 1. The molecule has 0 saturated carbocycles. The zero-order chi connectivity index (χ0) is 10.5. The molecule has 0 aliphatic carbocycles. The molecule has 0 fully saturated rings.